The van der Waals surface area contributed by atoms with Crippen LogP contribution in [0.25, 0.3) is 5.69 Å². The Hall–Kier alpha value is -3.12. The van der Waals surface area contributed by atoms with Gasteiger partial charge in [0.2, 0.25) is 10.0 Å². The largest absolute Gasteiger partial charge is 0.379 e. The van der Waals surface area contributed by atoms with Crippen LogP contribution in [-0.2, 0) is 14.8 Å². The van der Waals surface area contributed by atoms with Crippen LogP contribution in [0.3, 0.4) is 0 Å². The monoisotopic (exact) mass is 498 g/mol. The fraction of sp³-hybridized carbons (Fsp3) is 0.261. The zero-order valence-corrected chi connectivity index (χ0v) is 20.6. The molecule has 3 heterocycles. The van der Waals surface area contributed by atoms with Crippen molar-refractivity contribution in [1.29, 1.82) is 0 Å². The van der Waals surface area contributed by atoms with Crippen LogP contribution in [0.1, 0.15) is 17.0 Å². The molecule has 0 bridgehead atoms. The molecule has 1 aromatic carbocycles. The van der Waals surface area contributed by atoms with E-state index in [0.29, 0.717) is 31.4 Å². The first kappa shape index (κ1) is 24.0. The van der Waals surface area contributed by atoms with Gasteiger partial charge in [0.25, 0.3) is 0 Å². The molecule has 1 aliphatic heterocycles. The topological polar surface area (TPSA) is 101 Å². The summed E-state index contributed by atoms with van der Waals surface area (Å²) in [6.07, 6.45) is 5.03. The van der Waals surface area contributed by atoms with Crippen molar-refractivity contribution in [3.8, 4) is 5.69 Å². The standard InChI is InChI=1S/C23H26N6O3S2/c1-17-13-19(15-25-27-23(33)26-20-5-4-8-24-16-20)18(2)29(17)21-6-3-7-22(14-21)34(30,31)28-9-11-32-12-10-28/h3-8,13-16H,9-12H2,1-2H3,(H2,26,27,33)/b25-15-. The maximum Gasteiger partial charge on any atom is 0.243 e. The number of aromatic nitrogens is 2. The fourth-order valence-electron chi connectivity index (χ4n) is 3.79. The second-order valence-corrected chi connectivity index (χ2v) is 10.1. The summed E-state index contributed by atoms with van der Waals surface area (Å²) in [7, 11) is -3.58. The molecule has 0 atom stereocenters. The normalized spacial score (nSPS) is 14.9. The number of rotatable bonds is 6. The average Bonchev–Trinajstić information content (AvgIpc) is 3.13. The minimum absolute atomic E-state index is 0.267. The number of aryl methyl sites for hydroxylation is 1. The van der Waals surface area contributed by atoms with Gasteiger partial charge in [-0.05, 0) is 62.5 Å². The predicted octanol–water partition coefficient (Wildman–Crippen LogP) is 2.83. The number of thiocarbonyl (C=S) groups is 1. The van der Waals surface area contributed by atoms with Gasteiger partial charge in [-0.2, -0.15) is 9.41 Å². The maximum atomic E-state index is 13.1. The molecule has 4 rings (SSSR count). The number of nitrogens with one attached hydrogen (secondary N) is 2. The lowest BCUT2D eigenvalue weighted by atomic mass is 10.2. The van der Waals surface area contributed by atoms with Crippen molar-refractivity contribution in [2.75, 3.05) is 31.6 Å². The Kier molecular flexibility index (Phi) is 7.37. The Morgan fingerprint density at radius 2 is 1.97 bits per heavy atom. The number of pyridine rings is 1. The zero-order chi connectivity index (χ0) is 24.1. The molecule has 0 amide bonds. The quantitative estimate of drug-likeness (QED) is 0.306. The number of morpholine rings is 1. The van der Waals surface area contributed by atoms with Gasteiger partial charge in [0.15, 0.2) is 5.11 Å². The third-order valence-electron chi connectivity index (χ3n) is 5.44. The van der Waals surface area contributed by atoms with Crippen molar-refractivity contribution < 1.29 is 13.2 Å². The number of sulfonamides is 1. The minimum atomic E-state index is -3.58. The van der Waals surface area contributed by atoms with Gasteiger partial charge < -0.3 is 14.6 Å². The number of hydrazone groups is 1. The van der Waals surface area contributed by atoms with E-state index in [1.54, 1.807) is 36.8 Å². The molecule has 1 saturated heterocycles. The highest BCUT2D eigenvalue weighted by Gasteiger charge is 2.26. The van der Waals surface area contributed by atoms with Gasteiger partial charge in [-0.1, -0.05) is 6.07 Å². The lowest BCUT2D eigenvalue weighted by molar-refractivity contribution is 0.0730. The molecule has 1 fully saturated rings. The van der Waals surface area contributed by atoms with E-state index in [1.165, 1.54) is 4.31 Å². The van der Waals surface area contributed by atoms with Crippen LogP contribution in [0.2, 0.25) is 0 Å². The Labute approximate surface area is 204 Å². The van der Waals surface area contributed by atoms with Crippen molar-refractivity contribution in [1.82, 2.24) is 19.3 Å². The Balaban J connectivity index is 1.52. The van der Waals surface area contributed by atoms with Crippen molar-refractivity contribution in [2.45, 2.75) is 18.7 Å². The second-order valence-electron chi connectivity index (χ2n) is 7.74. The van der Waals surface area contributed by atoms with E-state index in [1.807, 2.05) is 42.7 Å². The first-order valence-corrected chi connectivity index (χ1v) is 12.6. The van der Waals surface area contributed by atoms with Gasteiger partial charge in [0.05, 0.1) is 36.2 Å². The van der Waals surface area contributed by atoms with Crippen LogP contribution in [0.4, 0.5) is 5.69 Å². The Bertz CT molecular complexity index is 1300. The fourth-order valence-corrected chi connectivity index (χ4v) is 5.41. The molecule has 0 aliphatic carbocycles. The molecule has 3 aromatic rings. The van der Waals surface area contributed by atoms with E-state index in [2.05, 4.69) is 20.8 Å². The molecule has 11 heteroatoms. The number of anilines is 1. The first-order valence-electron chi connectivity index (χ1n) is 10.7. The first-order chi connectivity index (χ1) is 16.4. The summed E-state index contributed by atoms with van der Waals surface area (Å²) in [5.74, 6) is 0. The molecule has 178 valence electrons. The summed E-state index contributed by atoms with van der Waals surface area (Å²) in [5, 5.41) is 7.59. The van der Waals surface area contributed by atoms with Gasteiger partial charge in [-0.3, -0.25) is 10.4 Å². The van der Waals surface area contributed by atoms with E-state index in [0.717, 1.165) is 28.3 Å². The highest BCUT2D eigenvalue weighted by molar-refractivity contribution is 7.89. The summed E-state index contributed by atoms with van der Waals surface area (Å²) in [6.45, 7) is 5.47. The smallest absolute Gasteiger partial charge is 0.243 e. The van der Waals surface area contributed by atoms with Gasteiger partial charge in [0.1, 0.15) is 0 Å². The zero-order valence-electron chi connectivity index (χ0n) is 18.9. The number of ether oxygens (including phenoxy) is 1. The molecule has 34 heavy (non-hydrogen) atoms. The summed E-state index contributed by atoms with van der Waals surface area (Å²) >= 11 is 5.26. The maximum absolute atomic E-state index is 13.1. The molecule has 9 nitrogen and oxygen atoms in total. The summed E-state index contributed by atoms with van der Waals surface area (Å²) in [6, 6.07) is 12.6. The van der Waals surface area contributed by atoms with Crippen LogP contribution >= 0.6 is 12.2 Å². The van der Waals surface area contributed by atoms with Crippen molar-refractivity contribution in [3.63, 3.8) is 0 Å². The van der Waals surface area contributed by atoms with E-state index >= 15 is 0 Å². The minimum Gasteiger partial charge on any atom is -0.379 e. The molecule has 0 saturated carbocycles. The highest BCUT2D eigenvalue weighted by atomic mass is 32.2. The van der Waals surface area contributed by atoms with E-state index < -0.39 is 10.0 Å². The third kappa shape index (κ3) is 5.33. The Morgan fingerprint density at radius 3 is 2.71 bits per heavy atom. The van der Waals surface area contributed by atoms with Crippen LogP contribution in [0, 0.1) is 13.8 Å². The number of benzene rings is 1. The van der Waals surface area contributed by atoms with Crippen LogP contribution < -0.4 is 10.7 Å². The van der Waals surface area contributed by atoms with Gasteiger partial charge >= 0.3 is 0 Å². The molecule has 2 aromatic heterocycles. The summed E-state index contributed by atoms with van der Waals surface area (Å²) in [5.41, 5.74) is 7.10. The van der Waals surface area contributed by atoms with E-state index in [4.69, 9.17) is 17.0 Å². The lowest BCUT2D eigenvalue weighted by Crippen LogP contribution is -2.40. The molecular weight excluding hydrogens is 472 g/mol. The van der Waals surface area contributed by atoms with Crippen molar-refractivity contribution >= 4 is 39.3 Å². The summed E-state index contributed by atoms with van der Waals surface area (Å²) in [4.78, 5) is 4.30. The average molecular weight is 499 g/mol. The van der Waals surface area contributed by atoms with Gasteiger partial charge in [0, 0.05) is 41.9 Å². The van der Waals surface area contributed by atoms with Gasteiger partial charge in [-0.25, -0.2) is 8.42 Å². The predicted molar refractivity (Wildman–Crippen MR) is 136 cm³/mol. The highest BCUT2D eigenvalue weighted by Crippen LogP contribution is 2.24. The Morgan fingerprint density at radius 1 is 1.18 bits per heavy atom. The van der Waals surface area contributed by atoms with Crippen LogP contribution in [0.15, 0.2) is 64.9 Å². The second kappa shape index (κ2) is 10.4. The molecule has 0 spiro atoms. The molecule has 0 radical (unpaired) electrons. The van der Waals surface area contributed by atoms with Crippen LogP contribution in [-0.4, -0.2) is 59.9 Å². The molecule has 2 N–H and O–H groups in total. The van der Waals surface area contributed by atoms with Crippen LogP contribution in [0.5, 0.6) is 0 Å². The molecule has 1 aliphatic rings. The lowest BCUT2D eigenvalue weighted by Gasteiger charge is -2.26. The van der Waals surface area contributed by atoms with E-state index in [9.17, 15) is 8.42 Å². The summed E-state index contributed by atoms with van der Waals surface area (Å²) < 4.78 is 35.0. The number of hydrogen-bond acceptors (Lipinski definition) is 6. The third-order valence-corrected chi connectivity index (χ3v) is 7.53. The van der Waals surface area contributed by atoms with Gasteiger partial charge in [-0.15, -0.1) is 0 Å². The molecular formula is C23H26N6O3S2. The SMILES string of the molecule is Cc1cc(/C=N\NC(=S)Nc2cccnc2)c(C)n1-c1cccc(S(=O)(=O)N2CCOCC2)c1. The van der Waals surface area contributed by atoms with Crippen molar-refractivity contribution in [2.24, 2.45) is 5.10 Å². The molecule has 0 unspecified atom stereocenters. The number of hydrogen-bond donors (Lipinski definition) is 2. The van der Waals surface area contributed by atoms with Crippen molar-refractivity contribution in [3.05, 3.63) is 71.8 Å². The van der Waals surface area contributed by atoms with E-state index in [-0.39, 0.29) is 4.90 Å². The number of nitrogens with zero attached hydrogens (tertiary/aromatic N) is 4.